The number of aryl methyl sites for hydroxylation is 2. The zero-order valence-electron chi connectivity index (χ0n) is 11.9. The van der Waals surface area contributed by atoms with E-state index in [9.17, 15) is 4.79 Å². The van der Waals surface area contributed by atoms with Gasteiger partial charge in [0.05, 0.1) is 10.6 Å². The first-order chi connectivity index (χ1) is 10.1. The van der Waals surface area contributed by atoms with Gasteiger partial charge in [-0.15, -0.1) is 0 Å². The van der Waals surface area contributed by atoms with E-state index in [4.69, 9.17) is 11.6 Å². The van der Waals surface area contributed by atoms with E-state index < -0.39 is 0 Å². The van der Waals surface area contributed by atoms with Crippen LogP contribution in [0.25, 0.3) is 0 Å². The average molecular weight is 301 g/mol. The Kier molecular flexibility index (Phi) is 3.93. The van der Waals surface area contributed by atoms with Gasteiger partial charge in [-0.3, -0.25) is 9.78 Å². The Bertz CT molecular complexity index is 684. The molecule has 0 aliphatic heterocycles. The van der Waals surface area contributed by atoms with Crippen LogP contribution < -0.4 is 5.32 Å². The van der Waals surface area contributed by atoms with Crippen molar-refractivity contribution in [3.8, 4) is 0 Å². The Morgan fingerprint density at radius 3 is 2.86 bits per heavy atom. The second-order valence-corrected chi connectivity index (χ2v) is 5.89. The largest absolute Gasteiger partial charge is 0.349 e. The lowest BCUT2D eigenvalue weighted by atomic mass is 9.88. The summed E-state index contributed by atoms with van der Waals surface area (Å²) in [5, 5.41) is 3.53. The molecular weight excluding hydrogens is 284 g/mol. The number of fused-ring (bicyclic) bond motifs is 1. The predicted octanol–water partition coefficient (Wildman–Crippen LogP) is 3.33. The number of hydrogen-bond acceptors (Lipinski definition) is 2. The number of nitrogens with zero attached hydrogens (tertiary/aromatic N) is 1. The third kappa shape index (κ3) is 3.08. The quantitative estimate of drug-likeness (QED) is 0.924. The Labute approximate surface area is 129 Å². The molecule has 0 bridgehead atoms. The van der Waals surface area contributed by atoms with Crippen molar-refractivity contribution >= 4 is 17.5 Å². The Morgan fingerprint density at radius 2 is 2.10 bits per heavy atom. The van der Waals surface area contributed by atoms with E-state index in [0.717, 1.165) is 25.0 Å². The summed E-state index contributed by atoms with van der Waals surface area (Å²) in [7, 11) is 0. The summed E-state index contributed by atoms with van der Waals surface area (Å²) in [6, 6.07) is 10.3. The molecule has 1 aliphatic carbocycles. The zero-order chi connectivity index (χ0) is 14.8. The van der Waals surface area contributed by atoms with E-state index in [1.807, 2.05) is 13.0 Å². The van der Waals surface area contributed by atoms with E-state index in [-0.39, 0.29) is 11.9 Å². The molecule has 4 heteroatoms. The average Bonchev–Trinajstić information content (AvgIpc) is 2.47. The molecule has 3 nitrogen and oxygen atoms in total. The van der Waals surface area contributed by atoms with Crippen molar-refractivity contribution in [2.24, 2.45) is 0 Å². The van der Waals surface area contributed by atoms with Gasteiger partial charge in [0, 0.05) is 17.9 Å². The molecule has 108 valence electrons. The predicted molar refractivity (Wildman–Crippen MR) is 83.7 cm³/mol. The van der Waals surface area contributed by atoms with Gasteiger partial charge in [0.25, 0.3) is 5.91 Å². The molecule has 0 saturated heterocycles. The first-order valence-electron chi connectivity index (χ1n) is 7.13. The summed E-state index contributed by atoms with van der Waals surface area (Å²) in [5.41, 5.74) is 3.96. The number of benzene rings is 1. The fourth-order valence-electron chi connectivity index (χ4n) is 2.78. The van der Waals surface area contributed by atoms with Crippen molar-refractivity contribution in [1.82, 2.24) is 10.3 Å². The molecule has 0 spiro atoms. The van der Waals surface area contributed by atoms with Crippen LogP contribution in [0.15, 0.2) is 36.5 Å². The van der Waals surface area contributed by atoms with Crippen LogP contribution in [0.3, 0.4) is 0 Å². The second-order valence-electron chi connectivity index (χ2n) is 5.49. The van der Waals surface area contributed by atoms with Gasteiger partial charge in [-0.1, -0.05) is 35.9 Å². The van der Waals surface area contributed by atoms with Crippen molar-refractivity contribution < 1.29 is 4.79 Å². The highest BCUT2D eigenvalue weighted by atomic mass is 35.5. The molecule has 1 atom stereocenters. The van der Waals surface area contributed by atoms with Gasteiger partial charge >= 0.3 is 0 Å². The lowest BCUT2D eigenvalue weighted by Crippen LogP contribution is -2.39. The third-order valence-electron chi connectivity index (χ3n) is 3.92. The maximum atomic E-state index is 12.3. The molecule has 21 heavy (non-hydrogen) atoms. The SMILES string of the molecule is Cc1cc(Cl)c(C(=O)NC2CCc3ccccc3C2)cn1. The van der Waals surface area contributed by atoms with Crippen LogP contribution in [0.2, 0.25) is 5.02 Å². The maximum Gasteiger partial charge on any atom is 0.254 e. The zero-order valence-corrected chi connectivity index (χ0v) is 12.7. The number of aromatic nitrogens is 1. The lowest BCUT2D eigenvalue weighted by molar-refractivity contribution is 0.0933. The Morgan fingerprint density at radius 1 is 1.33 bits per heavy atom. The summed E-state index contributed by atoms with van der Waals surface area (Å²) in [4.78, 5) is 16.5. The van der Waals surface area contributed by atoms with Crippen LogP contribution in [0.5, 0.6) is 0 Å². The minimum Gasteiger partial charge on any atom is -0.349 e. The molecule has 3 rings (SSSR count). The van der Waals surface area contributed by atoms with E-state index in [2.05, 4.69) is 28.5 Å². The lowest BCUT2D eigenvalue weighted by Gasteiger charge is -2.25. The number of halogens is 1. The van der Waals surface area contributed by atoms with Gasteiger partial charge in [0.1, 0.15) is 0 Å². The minimum atomic E-state index is -0.142. The van der Waals surface area contributed by atoms with Gasteiger partial charge in [0.2, 0.25) is 0 Å². The fraction of sp³-hybridized carbons (Fsp3) is 0.294. The van der Waals surface area contributed by atoms with Crippen LogP contribution in [-0.2, 0) is 12.8 Å². The first-order valence-corrected chi connectivity index (χ1v) is 7.51. The molecule has 1 aliphatic rings. The molecule has 0 radical (unpaired) electrons. The fourth-order valence-corrected chi connectivity index (χ4v) is 3.07. The molecular formula is C17H17ClN2O. The van der Waals surface area contributed by atoms with E-state index in [1.165, 1.54) is 11.1 Å². The third-order valence-corrected chi connectivity index (χ3v) is 4.23. The number of carbonyl (C=O) groups is 1. The molecule has 0 fully saturated rings. The number of rotatable bonds is 2. The minimum absolute atomic E-state index is 0.142. The first kappa shape index (κ1) is 14.1. The van der Waals surface area contributed by atoms with Crippen molar-refractivity contribution in [2.45, 2.75) is 32.2 Å². The van der Waals surface area contributed by atoms with Gasteiger partial charge < -0.3 is 5.32 Å². The van der Waals surface area contributed by atoms with E-state index in [1.54, 1.807) is 12.3 Å². The van der Waals surface area contributed by atoms with Crippen molar-refractivity contribution in [1.29, 1.82) is 0 Å². The summed E-state index contributed by atoms with van der Waals surface area (Å²) in [5.74, 6) is -0.142. The summed E-state index contributed by atoms with van der Waals surface area (Å²) in [6.07, 6.45) is 4.38. The van der Waals surface area contributed by atoms with Crippen molar-refractivity contribution in [3.63, 3.8) is 0 Å². The topological polar surface area (TPSA) is 42.0 Å². The smallest absolute Gasteiger partial charge is 0.254 e. The highest BCUT2D eigenvalue weighted by Gasteiger charge is 2.21. The maximum absolute atomic E-state index is 12.3. The Balaban J connectivity index is 1.71. The number of nitrogens with one attached hydrogen (secondary N) is 1. The molecule has 1 aromatic heterocycles. The second kappa shape index (κ2) is 5.86. The van der Waals surface area contributed by atoms with Crippen molar-refractivity contribution in [3.05, 3.63) is 63.9 Å². The summed E-state index contributed by atoms with van der Waals surface area (Å²) >= 11 is 6.12. The Hall–Kier alpha value is -1.87. The van der Waals surface area contributed by atoms with Gasteiger partial charge in [-0.25, -0.2) is 0 Å². The molecule has 1 unspecified atom stereocenters. The van der Waals surface area contributed by atoms with Crippen LogP contribution >= 0.6 is 11.6 Å². The highest BCUT2D eigenvalue weighted by Crippen LogP contribution is 2.22. The number of hydrogen-bond donors (Lipinski definition) is 1. The normalized spacial score (nSPS) is 17.1. The van der Waals surface area contributed by atoms with E-state index in [0.29, 0.717) is 10.6 Å². The number of amides is 1. The van der Waals surface area contributed by atoms with Crippen LogP contribution in [-0.4, -0.2) is 16.9 Å². The van der Waals surface area contributed by atoms with Gasteiger partial charge in [-0.05, 0) is 43.4 Å². The van der Waals surface area contributed by atoms with Crippen LogP contribution in [0.1, 0.15) is 33.6 Å². The molecule has 2 aromatic rings. The summed E-state index contributed by atoms with van der Waals surface area (Å²) in [6.45, 7) is 1.85. The summed E-state index contributed by atoms with van der Waals surface area (Å²) < 4.78 is 0. The molecule has 1 amide bonds. The number of carbonyl (C=O) groups excluding carboxylic acids is 1. The van der Waals surface area contributed by atoms with Gasteiger partial charge in [-0.2, -0.15) is 0 Å². The molecule has 1 N–H and O–H groups in total. The van der Waals surface area contributed by atoms with E-state index >= 15 is 0 Å². The number of pyridine rings is 1. The highest BCUT2D eigenvalue weighted by molar-refractivity contribution is 6.33. The monoisotopic (exact) mass is 300 g/mol. The van der Waals surface area contributed by atoms with Crippen LogP contribution in [0, 0.1) is 6.92 Å². The van der Waals surface area contributed by atoms with Gasteiger partial charge in [0.15, 0.2) is 0 Å². The van der Waals surface area contributed by atoms with Crippen LogP contribution in [0.4, 0.5) is 0 Å². The standard InChI is InChI=1S/C17H17ClN2O/c1-11-8-16(18)15(10-19-11)17(21)20-14-7-6-12-4-2-3-5-13(12)9-14/h2-5,8,10,14H,6-7,9H2,1H3,(H,20,21). The van der Waals surface area contributed by atoms with Crippen molar-refractivity contribution in [2.75, 3.05) is 0 Å². The molecule has 1 heterocycles. The molecule has 0 saturated carbocycles. The molecule has 1 aromatic carbocycles.